The zero-order valence-electron chi connectivity index (χ0n) is 16.2. The molecule has 0 amide bonds. The SMILES string of the molecule is COc1cc(C(=O)C2=CSC(Nc3ccc4[nH]ccc4c3)N2)cc(OC)c1OC. The van der Waals surface area contributed by atoms with Crippen molar-refractivity contribution in [1.29, 1.82) is 0 Å². The largest absolute Gasteiger partial charge is 0.493 e. The summed E-state index contributed by atoms with van der Waals surface area (Å²) in [5, 5.41) is 9.55. The van der Waals surface area contributed by atoms with Crippen LogP contribution < -0.4 is 24.8 Å². The first-order valence-electron chi connectivity index (χ1n) is 8.93. The standard InChI is InChI=1S/C21H21N3O4S/c1-26-17-9-13(10-18(27-2)20(17)28-3)19(25)16-11-29-21(24-16)23-14-4-5-15-12(8-14)6-7-22-15/h4-11,21-24H,1-3H3. The van der Waals surface area contributed by atoms with Crippen LogP contribution >= 0.6 is 11.8 Å². The second-order valence-electron chi connectivity index (χ2n) is 6.36. The molecule has 150 valence electrons. The molecule has 29 heavy (non-hydrogen) atoms. The van der Waals surface area contributed by atoms with E-state index in [1.54, 1.807) is 12.1 Å². The summed E-state index contributed by atoms with van der Waals surface area (Å²) in [7, 11) is 4.58. The van der Waals surface area contributed by atoms with Gasteiger partial charge in [-0.2, -0.15) is 0 Å². The number of fused-ring (bicyclic) bond motifs is 1. The lowest BCUT2D eigenvalue weighted by Gasteiger charge is -2.17. The minimum atomic E-state index is -0.151. The molecule has 2 heterocycles. The van der Waals surface area contributed by atoms with E-state index < -0.39 is 0 Å². The number of ether oxygens (including phenoxy) is 3. The van der Waals surface area contributed by atoms with E-state index in [9.17, 15) is 4.79 Å². The first-order chi connectivity index (χ1) is 14.1. The van der Waals surface area contributed by atoms with E-state index in [-0.39, 0.29) is 11.3 Å². The Kier molecular flexibility index (Phi) is 5.26. The number of aromatic nitrogens is 1. The summed E-state index contributed by atoms with van der Waals surface area (Å²) >= 11 is 1.50. The number of Topliss-reactive ketones (excluding diaryl/α,β-unsaturated/α-hetero) is 1. The lowest BCUT2D eigenvalue weighted by Crippen LogP contribution is -2.31. The Hall–Kier alpha value is -3.26. The number of nitrogens with one attached hydrogen (secondary N) is 3. The molecule has 7 nitrogen and oxygen atoms in total. The van der Waals surface area contributed by atoms with Crippen molar-refractivity contribution in [1.82, 2.24) is 10.3 Å². The van der Waals surface area contributed by atoms with Gasteiger partial charge in [-0.3, -0.25) is 4.79 Å². The Morgan fingerprint density at radius 1 is 1.03 bits per heavy atom. The molecular weight excluding hydrogens is 390 g/mol. The molecule has 3 N–H and O–H groups in total. The van der Waals surface area contributed by atoms with Crippen LogP contribution in [-0.4, -0.2) is 37.6 Å². The van der Waals surface area contributed by atoms with Crippen molar-refractivity contribution < 1.29 is 19.0 Å². The Morgan fingerprint density at radius 3 is 2.48 bits per heavy atom. The van der Waals surface area contributed by atoms with Gasteiger partial charge in [0.25, 0.3) is 0 Å². The maximum absolute atomic E-state index is 13.0. The van der Waals surface area contributed by atoms with Crippen molar-refractivity contribution in [3.63, 3.8) is 0 Å². The Bertz CT molecular complexity index is 1070. The summed E-state index contributed by atoms with van der Waals surface area (Å²) in [6.45, 7) is 0. The van der Waals surface area contributed by atoms with Crippen molar-refractivity contribution in [3.05, 3.63) is 59.3 Å². The molecule has 0 saturated heterocycles. The van der Waals surface area contributed by atoms with Gasteiger partial charge in [0.05, 0.1) is 27.0 Å². The zero-order chi connectivity index (χ0) is 20.4. The molecule has 2 aromatic carbocycles. The van der Waals surface area contributed by atoms with Gasteiger partial charge >= 0.3 is 0 Å². The fourth-order valence-corrected chi connectivity index (χ4v) is 4.04. The molecule has 0 bridgehead atoms. The first-order valence-corrected chi connectivity index (χ1v) is 9.87. The Labute approximate surface area is 172 Å². The second kappa shape index (κ2) is 8.00. The fraction of sp³-hybridized carbons (Fsp3) is 0.190. The number of aromatic amines is 1. The van der Waals surface area contributed by atoms with Gasteiger partial charge in [-0.15, -0.1) is 0 Å². The van der Waals surface area contributed by atoms with Crippen molar-refractivity contribution in [2.24, 2.45) is 0 Å². The van der Waals surface area contributed by atoms with E-state index in [0.717, 1.165) is 16.6 Å². The van der Waals surface area contributed by atoms with Gasteiger partial charge in [0.15, 0.2) is 11.5 Å². The lowest BCUT2D eigenvalue weighted by molar-refractivity contribution is 0.102. The molecule has 0 spiro atoms. The summed E-state index contributed by atoms with van der Waals surface area (Å²) in [4.78, 5) is 16.2. The van der Waals surface area contributed by atoms with E-state index in [1.807, 2.05) is 29.8 Å². The van der Waals surface area contributed by atoms with E-state index in [2.05, 4.69) is 21.7 Å². The van der Waals surface area contributed by atoms with Crippen molar-refractivity contribution in [2.75, 3.05) is 26.6 Å². The third kappa shape index (κ3) is 3.71. The van der Waals surface area contributed by atoms with Crippen LogP contribution in [0.25, 0.3) is 10.9 Å². The van der Waals surface area contributed by atoms with Gasteiger partial charge in [0.1, 0.15) is 5.50 Å². The molecular formula is C21H21N3O4S. The minimum Gasteiger partial charge on any atom is -0.493 e. The number of anilines is 1. The number of carbonyl (C=O) groups is 1. The molecule has 0 fully saturated rings. The van der Waals surface area contributed by atoms with Crippen LogP contribution in [0, 0.1) is 0 Å². The molecule has 4 rings (SSSR count). The Balaban J connectivity index is 1.49. The maximum atomic E-state index is 13.0. The Morgan fingerprint density at radius 2 is 1.79 bits per heavy atom. The first kappa shape index (κ1) is 19.1. The monoisotopic (exact) mass is 411 g/mol. The molecule has 1 atom stereocenters. The third-order valence-electron chi connectivity index (χ3n) is 4.63. The van der Waals surface area contributed by atoms with Crippen LogP contribution in [0.2, 0.25) is 0 Å². The van der Waals surface area contributed by atoms with Gasteiger partial charge < -0.3 is 29.8 Å². The average molecular weight is 411 g/mol. The molecule has 8 heteroatoms. The smallest absolute Gasteiger partial charge is 0.209 e. The van der Waals surface area contributed by atoms with Crippen LogP contribution in [-0.2, 0) is 0 Å². The summed E-state index contributed by atoms with van der Waals surface area (Å²) in [5.74, 6) is 1.18. The lowest BCUT2D eigenvalue weighted by atomic mass is 10.1. The van der Waals surface area contributed by atoms with E-state index in [1.165, 1.54) is 33.1 Å². The number of carbonyl (C=O) groups excluding carboxylic acids is 1. The van der Waals surface area contributed by atoms with Crippen LogP contribution in [0.1, 0.15) is 10.4 Å². The van der Waals surface area contributed by atoms with Crippen LogP contribution in [0.4, 0.5) is 5.69 Å². The molecule has 3 aromatic rings. The minimum absolute atomic E-state index is 0.146. The normalized spacial score (nSPS) is 15.6. The average Bonchev–Trinajstić information content (AvgIpc) is 3.41. The molecule has 1 aromatic heterocycles. The highest BCUT2D eigenvalue weighted by atomic mass is 32.2. The highest BCUT2D eigenvalue weighted by Crippen LogP contribution is 2.39. The van der Waals surface area contributed by atoms with Gasteiger partial charge in [-0.25, -0.2) is 0 Å². The number of methoxy groups -OCH3 is 3. The quantitative estimate of drug-likeness (QED) is 0.508. The zero-order valence-corrected chi connectivity index (χ0v) is 17.1. The summed E-state index contributed by atoms with van der Waals surface area (Å²) < 4.78 is 16.0. The predicted molar refractivity (Wildman–Crippen MR) is 115 cm³/mol. The summed E-state index contributed by atoms with van der Waals surface area (Å²) in [5.41, 5.74) is 2.86. The maximum Gasteiger partial charge on any atom is 0.209 e. The number of hydrogen-bond donors (Lipinski definition) is 3. The number of hydrogen-bond acceptors (Lipinski definition) is 7. The topological polar surface area (TPSA) is 84.6 Å². The third-order valence-corrected chi connectivity index (χ3v) is 5.51. The summed E-state index contributed by atoms with van der Waals surface area (Å²) in [6.07, 6.45) is 1.91. The number of rotatable bonds is 7. The number of benzene rings is 2. The second-order valence-corrected chi connectivity index (χ2v) is 7.34. The molecule has 0 aliphatic carbocycles. The number of H-pyrrole nitrogens is 1. The van der Waals surface area contributed by atoms with Crippen LogP contribution in [0.15, 0.2) is 53.7 Å². The number of ketones is 1. The highest BCUT2D eigenvalue weighted by Gasteiger charge is 2.25. The van der Waals surface area contributed by atoms with Crippen molar-refractivity contribution in [3.8, 4) is 17.2 Å². The molecule has 0 radical (unpaired) electrons. The van der Waals surface area contributed by atoms with E-state index in [4.69, 9.17) is 14.2 Å². The van der Waals surface area contributed by atoms with Crippen molar-refractivity contribution >= 4 is 34.1 Å². The van der Waals surface area contributed by atoms with E-state index >= 15 is 0 Å². The van der Waals surface area contributed by atoms with Crippen molar-refractivity contribution in [2.45, 2.75) is 5.50 Å². The van der Waals surface area contributed by atoms with Gasteiger partial charge in [-0.1, -0.05) is 11.8 Å². The number of thioether (sulfide) groups is 1. The molecule has 1 unspecified atom stereocenters. The fourth-order valence-electron chi connectivity index (χ4n) is 3.20. The van der Waals surface area contributed by atoms with Gasteiger partial charge in [0.2, 0.25) is 11.5 Å². The highest BCUT2D eigenvalue weighted by molar-refractivity contribution is 8.03. The molecule has 1 aliphatic heterocycles. The van der Waals surface area contributed by atoms with Gasteiger partial charge in [-0.05, 0) is 36.4 Å². The van der Waals surface area contributed by atoms with Gasteiger partial charge in [0, 0.05) is 33.8 Å². The molecule has 0 saturated carbocycles. The van der Waals surface area contributed by atoms with Crippen LogP contribution in [0.5, 0.6) is 17.2 Å². The molecule has 1 aliphatic rings. The summed E-state index contributed by atoms with van der Waals surface area (Å²) in [6, 6.07) is 11.4. The predicted octanol–water partition coefficient (Wildman–Crippen LogP) is 3.95. The number of allylic oxidation sites excluding steroid dienone is 1. The van der Waals surface area contributed by atoms with Crippen LogP contribution in [0.3, 0.4) is 0 Å². The van der Waals surface area contributed by atoms with E-state index in [0.29, 0.717) is 28.5 Å².